The smallest absolute Gasteiger partial charge is 0.0594 e. The van der Waals surface area contributed by atoms with Gasteiger partial charge in [-0.1, -0.05) is 0 Å². The maximum atomic E-state index is 8.79. The highest BCUT2D eigenvalue weighted by Gasteiger charge is 2.10. The van der Waals surface area contributed by atoms with Gasteiger partial charge in [-0.2, -0.15) is 0 Å². The van der Waals surface area contributed by atoms with Crippen LogP contribution in [0.2, 0.25) is 0 Å². The van der Waals surface area contributed by atoms with Gasteiger partial charge in [0.25, 0.3) is 0 Å². The Hall–Kier alpha value is -0.240. The average molecular weight is 317 g/mol. The molecule has 1 saturated heterocycles. The molecule has 0 bridgehead atoms. The zero-order chi connectivity index (χ0) is 16.0. The van der Waals surface area contributed by atoms with Crippen molar-refractivity contribution in [3.63, 3.8) is 0 Å². The lowest BCUT2D eigenvalue weighted by Crippen LogP contribution is -2.30. The number of aliphatic hydroxyl groups excluding tert-OH is 1. The minimum atomic E-state index is 0.205. The van der Waals surface area contributed by atoms with E-state index in [9.17, 15) is 0 Å². The number of likely N-dealkylation sites (N-methyl/N-ethyl adjacent to an activating group) is 2. The molecular weight excluding hydrogens is 282 g/mol. The number of ether oxygens (including phenoxy) is 2. The van der Waals surface area contributed by atoms with E-state index in [0.29, 0.717) is 6.54 Å². The van der Waals surface area contributed by atoms with Gasteiger partial charge in [-0.15, -0.1) is 0 Å². The molecule has 0 aromatic carbocycles. The van der Waals surface area contributed by atoms with Gasteiger partial charge in [0, 0.05) is 32.7 Å². The van der Waals surface area contributed by atoms with E-state index in [0.717, 1.165) is 52.6 Å². The minimum Gasteiger partial charge on any atom is -0.395 e. The largest absolute Gasteiger partial charge is 0.395 e. The Morgan fingerprint density at radius 2 is 1.32 bits per heavy atom. The molecule has 1 N–H and O–H groups in total. The van der Waals surface area contributed by atoms with E-state index in [-0.39, 0.29) is 6.61 Å². The Kier molecular flexibility index (Phi) is 11.9. The molecular formula is C16H35N3O3. The van der Waals surface area contributed by atoms with Crippen LogP contribution < -0.4 is 0 Å². The molecule has 0 aromatic heterocycles. The van der Waals surface area contributed by atoms with E-state index >= 15 is 0 Å². The second kappa shape index (κ2) is 13.2. The molecule has 0 aromatic rings. The fraction of sp³-hybridized carbons (Fsp3) is 1.00. The lowest BCUT2D eigenvalue weighted by atomic mass is 10.4. The summed E-state index contributed by atoms with van der Waals surface area (Å²) in [5.41, 5.74) is 0. The molecule has 0 saturated carbocycles. The van der Waals surface area contributed by atoms with Crippen molar-refractivity contribution in [1.82, 2.24) is 14.7 Å². The average Bonchev–Trinajstić information content (AvgIpc) is 3.00. The SMILES string of the molecule is CN(CCO)CCOCCN(C)CCOCCN1CCCC1. The first-order valence-electron chi connectivity index (χ1n) is 8.58. The Labute approximate surface area is 136 Å². The van der Waals surface area contributed by atoms with Crippen molar-refractivity contribution in [3.8, 4) is 0 Å². The van der Waals surface area contributed by atoms with E-state index in [2.05, 4.69) is 21.7 Å². The van der Waals surface area contributed by atoms with E-state index < -0.39 is 0 Å². The summed E-state index contributed by atoms with van der Waals surface area (Å²) in [4.78, 5) is 6.79. The van der Waals surface area contributed by atoms with Crippen molar-refractivity contribution >= 4 is 0 Å². The number of rotatable bonds is 14. The molecule has 1 heterocycles. The molecule has 0 spiro atoms. The Balaban J connectivity index is 1.81. The van der Waals surface area contributed by atoms with Gasteiger partial charge in [0.05, 0.1) is 33.0 Å². The Bertz CT molecular complexity index is 251. The Morgan fingerprint density at radius 1 is 0.818 bits per heavy atom. The summed E-state index contributed by atoms with van der Waals surface area (Å²) in [6.07, 6.45) is 2.69. The highest BCUT2D eigenvalue weighted by Crippen LogP contribution is 2.05. The quantitative estimate of drug-likeness (QED) is 0.454. The predicted octanol–water partition coefficient (Wildman–Crippen LogP) is -0.0287. The third-order valence-electron chi connectivity index (χ3n) is 4.08. The summed E-state index contributed by atoms with van der Waals surface area (Å²) in [7, 11) is 4.09. The minimum absolute atomic E-state index is 0.205. The van der Waals surface area contributed by atoms with Gasteiger partial charge < -0.3 is 29.3 Å². The molecule has 0 amide bonds. The number of likely N-dealkylation sites (tertiary alicyclic amines) is 1. The molecule has 0 unspecified atom stereocenters. The van der Waals surface area contributed by atoms with E-state index in [4.69, 9.17) is 14.6 Å². The normalized spacial score (nSPS) is 16.2. The van der Waals surface area contributed by atoms with Crippen LogP contribution >= 0.6 is 0 Å². The fourth-order valence-corrected chi connectivity index (χ4v) is 2.46. The second-order valence-electron chi connectivity index (χ2n) is 6.10. The first-order chi connectivity index (χ1) is 10.7. The molecule has 1 fully saturated rings. The third kappa shape index (κ3) is 10.5. The van der Waals surface area contributed by atoms with Crippen LogP contribution in [0.5, 0.6) is 0 Å². The van der Waals surface area contributed by atoms with E-state index in [1.165, 1.54) is 25.9 Å². The number of nitrogens with zero attached hydrogens (tertiary/aromatic N) is 3. The molecule has 0 radical (unpaired) electrons. The molecule has 1 aliphatic rings. The molecule has 1 rings (SSSR count). The van der Waals surface area contributed by atoms with Crippen LogP contribution in [-0.2, 0) is 9.47 Å². The van der Waals surface area contributed by atoms with Gasteiger partial charge in [-0.3, -0.25) is 0 Å². The van der Waals surface area contributed by atoms with Crippen LogP contribution in [0.25, 0.3) is 0 Å². The monoisotopic (exact) mass is 317 g/mol. The van der Waals surface area contributed by atoms with Gasteiger partial charge in [-0.05, 0) is 40.0 Å². The summed E-state index contributed by atoms with van der Waals surface area (Å²) in [6.45, 7) is 10.3. The first-order valence-corrected chi connectivity index (χ1v) is 8.58. The molecule has 0 aliphatic carbocycles. The summed E-state index contributed by atoms with van der Waals surface area (Å²) in [6, 6.07) is 0. The zero-order valence-electron chi connectivity index (χ0n) is 14.5. The lowest BCUT2D eigenvalue weighted by Gasteiger charge is -2.19. The summed E-state index contributed by atoms with van der Waals surface area (Å²) >= 11 is 0. The van der Waals surface area contributed by atoms with Gasteiger partial charge in [-0.25, -0.2) is 0 Å². The molecule has 6 nitrogen and oxygen atoms in total. The van der Waals surface area contributed by atoms with Crippen LogP contribution in [0, 0.1) is 0 Å². The van der Waals surface area contributed by atoms with Crippen molar-refractivity contribution < 1.29 is 14.6 Å². The van der Waals surface area contributed by atoms with Crippen LogP contribution in [0.15, 0.2) is 0 Å². The van der Waals surface area contributed by atoms with Crippen molar-refractivity contribution in [3.05, 3.63) is 0 Å². The van der Waals surface area contributed by atoms with Gasteiger partial charge in [0.1, 0.15) is 0 Å². The highest BCUT2D eigenvalue weighted by atomic mass is 16.5. The van der Waals surface area contributed by atoms with E-state index in [1.807, 2.05) is 7.05 Å². The molecule has 0 atom stereocenters. The third-order valence-corrected chi connectivity index (χ3v) is 4.08. The Morgan fingerprint density at radius 3 is 1.86 bits per heavy atom. The van der Waals surface area contributed by atoms with Crippen LogP contribution in [-0.4, -0.2) is 113 Å². The highest BCUT2D eigenvalue weighted by molar-refractivity contribution is 4.65. The van der Waals surface area contributed by atoms with Crippen LogP contribution in [0.1, 0.15) is 12.8 Å². The van der Waals surface area contributed by atoms with Crippen molar-refractivity contribution in [2.75, 3.05) is 92.9 Å². The van der Waals surface area contributed by atoms with Crippen molar-refractivity contribution in [2.45, 2.75) is 12.8 Å². The van der Waals surface area contributed by atoms with Gasteiger partial charge in [0.2, 0.25) is 0 Å². The fourth-order valence-electron chi connectivity index (χ4n) is 2.46. The van der Waals surface area contributed by atoms with Crippen molar-refractivity contribution in [1.29, 1.82) is 0 Å². The summed E-state index contributed by atoms with van der Waals surface area (Å²) in [5, 5.41) is 8.79. The summed E-state index contributed by atoms with van der Waals surface area (Å²) < 4.78 is 11.3. The van der Waals surface area contributed by atoms with E-state index in [1.54, 1.807) is 0 Å². The maximum absolute atomic E-state index is 8.79. The standard InChI is InChI=1S/C16H35N3O3/c1-17(7-12-20)8-13-21-14-9-18(2)10-15-22-16-11-19-5-3-4-6-19/h20H,3-16H2,1-2H3. The lowest BCUT2D eigenvalue weighted by molar-refractivity contribution is 0.0692. The van der Waals surface area contributed by atoms with Crippen LogP contribution in [0.3, 0.4) is 0 Å². The topological polar surface area (TPSA) is 48.4 Å². The van der Waals surface area contributed by atoms with Crippen LogP contribution in [0.4, 0.5) is 0 Å². The summed E-state index contributed by atoms with van der Waals surface area (Å²) in [5.74, 6) is 0. The number of hydrogen-bond acceptors (Lipinski definition) is 6. The molecule has 132 valence electrons. The van der Waals surface area contributed by atoms with Crippen molar-refractivity contribution in [2.24, 2.45) is 0 Å². The predicted molar refractivity (Wildman–Crippen MR) is 89.4 cm³/mol. The maximum Gasteiger partial charge on any atom is 0.0594 e. The molecule has 6 heteroatoms. The number of hydrogen-bond donors (Lipinski definition) is 1. The van der Waals surface area contributed by atoms with Gasteiger partial charge >= 0.3 is 0 Å². The van der Waals surface area contributed by atoms with Gasteiger partial charge in [0.15, 0.2) is 0 Å². The second-order valence-corrected chi connectivity index (χ2v) is 6.10. The zero-order valence-corrected chi connectivity index (χ0v) is 14.5. The molecule has 1 aliphatic heterocycles. The first kappa shape index (κ1) is 19.8. The number of aliphatic hydroxyl groups is 1. The molecule has 22 heavy (non-hydrogen) atoms.